The van der Waals surface area contributed by atoms with Crippen LogP contribution in [0, 0.1) is 16.0 Å². The summed E-state index contributed by atoms with van der Waals surface area (Å²) in [5, 5.41) is 23.6. The van der Waals surface area contributed by atoms with E-state index in [1.54, 1.807) is 12.1 Å². The van der Waals surface area contributed by atoms with Crippen LogP contribution in [-0.2, 0) is 6.54 Å². The maximum Gasteiger partial charge on any atom is 0.270 e. The molecule has 6 nitrogen and oxygen atoms in total. The molecule has 2 atom stereocenters. The van der Waals surface area contributed by atoms with E-state index in [-0.39, 0.29) is 11.8 Å². The van der Waals surface area contributed by atoms with Gasteiger partial charge >= 0.3 is 0 Å². The van der Waals surface area contributed by atoms with E-state index >= 15 is 0 Å². The van der Waals surface area contributed by atoms with Gasteiger partial charge in [0.05, 0.1) is 16.7 Å². The lowest BCUT2D eigenvalue weighted by Crippen LogP contribution is -2.29. The molecule has 0 spiro atoms. The molecular formula is C17H21N3O3S. The standard InChI is InChI=1S/C17H21N3O3S/c1-19(9-13-5-3-7-16(13)21)10-14-11-24-17(18-14)12-4-2-6-15(8-12)20(22)23/h2,4,6,8,11,13,16,21H,3,5,7,9-10H2,1H3/t13-,16+/m0/s1. The highest BCUT2D eigenvalue weighted by molar-refractivity contribution is 7.13. The Balaban J connectivity index is 1.65. The molecule has 1 fully saturated rings. The van der Waals surface area contributed by atoms with E-state index in [0.29, 0.717) is 12.5 Å². The lowest BCUT2D eigenvalue weighted by Gasteiger charge is -2.22. The number of nitro benzene ring substituents is 1. The highest BCUT2D eigenvalue weighted by Gasteiger charge is 2.26. The van der Waals surface area contributed by atoms with Gasteiger partial charge in [-0.15, -0.1) is 11.3 Å². The zero-order valence-corrected chi connectivity index (χ0v) is 14.4. The number of nitrogens with zero attached hydrogens (tertiary/aromatic N) is 3. The molecule has 1 aromatic heterocycles. The van der Waals surface area contributed by atoms with Crippen LogP contribution in [0.3, 0.4) is 0 Å². The number of benzene rings is 1. The third kappa shape index (κ3) is 3.98. The molecule has 1 aliphatic carbocycles. The normalized spacial score (nSPS) is 20.6. The quantitative estimate of drug-likeness (QED) is 0.640. The predicted octanol–water partition coefficient (Wildman–Crippen LogP) is 3.31. The second-order valence-corrected chi connectivity index (χ2v) is 7.26. The Labute approximate surface area is 144 Å². The van der Waals surface area contributed by atoms with Crippen LogP contribution in [0.5, 0.6) is 0 Å². The van der Waals surface area contributed by atoms with E-state index in [1.807, 2.05) is 18.5 Å². The molecule has 0 unspecified atom stereocenters. The first-order valence-electron chi connectivity index (χ1n) is 8.09. The van der Waals surface area contributed by atoms with Gasteiger partial charge in [0.1, 0.15) is 5.01 Å². The van der Waals surface area contributed by atoms with E-state index in [9.17, 15) is 15.2 Å². The van der Waals surface area contributed by atoms with Crippen LogP contribution in [-0.4, -0.2) is 39.6 Å². The first kappa shape index (κ1) is 17.0. The van der Waals surface area contributed by atoms with Gasteiger partial charge in [0.25, 0.3) is 5.69 Å². The minimum Gasteiger partial charge on any atom is -0.393 e. The van der Waals surface area contributed by atoms with Gasteiger partial charge in [-0.25, -0.2) is 4.98 Å². The lowest BCUT2D eigenvalue weighted by molar-refractivity contribution is -0.384. The molecule has 0 amide bonds. The topological polar surface area (TPSA) is 79.5 Å². The summed E-state index contributed by atoms with van der Waals surface area (Å²) in [6.45, 7) is 1.58. The van der Waals surface area contributed by atoms with Crippen LogP contribution >= 0.6 is 11.3 Å². The zero-order chi connectivity index (χ0) is 17.1. The van der Waals surface area contributed by atoms with Crippen LogP contribution in [0.25, 0.3) is 10.6 Å². The number of aliphatic hydroxyl groups is 1. The molecular weight excluding hydrogens is 326 g/mol. The van der Waals surface area contributed by atoms with E-state index in [0.717, 1.165) is 42.1 Å². The summed E-state index contributed by atoms with van der Waals surface area (Å²) in [5.41, 5.74) is 1.81. The Bertz CT molecular complexity index is 719. The van der Waals surface area contributed by atoms with Crippen molar-refractivity contribution in [1.82, 2.24) is 9.88 Å². The Morgan fingerprint density at radius 3 is 3.00 bits per heavy atom. The number of nitro groups is 1. The number of rotatable bonds is 6. The fourth-order valence-electron chi connectivity index (χ4n) is 3.24. The summed E-state index contributed by atoms with van der Waals surface area (Å²) in [5.74, 6) is 0.352. The predicted molar refractivity (Wildman–Crippen MR) is 93.9 cm³/mol. The van der Waals surface area contributed by atoms with Gasteiger partial charge in [-0.1, -0.05) is 18.6 Å². The average Bonchev–Trinajstić information content (AvgIpc) is 3.17. The van der Waals surface area contributed by atoms with Crippen LogP contribution in [0.1, 0.15) is 25.0 Å². The van der Waals surface area contributed by atoms with Gasteiger partial charge < -0.3 is 10.0 Å². The second kappa shape index (κ2) is 7.38. The molecule has 128 valence electrons. The second-order valence-electron chi connectivity index (χ2n) is 6.41. The van der Waals surface area contributed by atoms with Crippen molar-refractivity contribution < 1.29 is 10.0 Å². The SMILES string of the molecule is CN(Cc1csc(-c2cccc([N+](=O)[O-])c2)n1)C[C@@H]1CCC[C@H]1O. The summed E-state index contributed by atoms with van der Waals surface area (Å²) < 4.78 is 0. The van der Waals surface area contributed by atoms with Crippen molar-refractivity contribution in [1.29, 1.82) is 0 Å². The Kier molecular flexibility index (Phi) is 5.23. The fourth-order valence-corrected chi connectivity index (χ4v) is 4.04. The van der Waals surface area contributed by atoms with E-state index in [1.165, 1.54) is 17.4 Å². The maximum atomic E-state index is 10.9. The number of non-ortho nitro benzene ring substituents is 1. The summed E-state index contributed by atoms with van der Waals surface area (Å²) in [6, 6.07) is 6.57. The third-order valence-corrected chi connectivity index (χ3v) is 5.39. The molecule has 1 saturated carbocycles. The molecule has 0 saturated heterocycles. The smallest absolute Gasteiger partial charge is 0.270 e. The van der Waals surface area contributed by atoms with Crippen molar-refractivity contribution in [2.45, 2.75) is 31.9 Å². The first-order chi connectivity index (χ1) is 11.5. The van der Waals surface area contributed by atoms with Crippen molar-refractivity contribution >= 4 is 17.0 Å². The Hall–Kier alpha value is -1.83. The highest BCUT2D eigenvalue weighted by Crippen LogP contribution is 2.28. The molecule has 1 heterocycles. The maximum absolute atomic E-state index is 10.9. The lowest BCUT2D eigenvalue weighted by atomic mass is 10.1. The van der Waals surface area contributed by atoms with Crippen molar-refractivity contribution in [2.75, 3.05) is 13.6 Å². The van der Waals surface area contributed by atoms with Crippen LogP contribution in [0.4, 0.5) is 5.69 Å². The van der Waals surface area contributed by atoms with Gasteiger partial charge in [-0.3, -0.25) is 10.1 Å². The number of aliphatic hydroxyl groups excluding tert-OH is 1. The van der Waals surface area contributed by atoms with Gasteiger partial charge in [-0.2, -0.15) is 0 Å². The number of thiazole rings is 1. The molecule has 1 aliphatic rings. The minimum absolute atomic E-state index is 0.0802. The largest absolute Gasteiger partial charge is 0.393 e. The molecule has 0 radical (unpaired) electrons. The first-order valence-corrected chi connectivity index (χ1v) is 8.96. The van der Waals surface area contributed by atoms with Gasteiger partial charge in [0, 0.05) is 36.2 Å². The monoisotopic (exact) mass is 347 g/mol. The van der Waals surface area contributed by atoms with Gasteiger partial charge in [0.2, 0.25) is 0 Å². The molecule has 0 aliphatic heterocycles. The van der Waals surface area contributed by atoms with E-state index in [4.69, 9.17) is 0 Å². The van der Waals surface area contributed by atoms with Gasteiger partial charge in [-0.05, 0) is 25.8 Å². The molecule has 0 bridgehead atoms. The van der Waals surface area contributed by atoms with Crippen molar-refractivity contribution in [3.8, 4) is 10.6 Å². The molecule has 7 heteroatoms. The summed E-state index contributed by atoms with van der Waals surface area (Å²) in [7, 11) is 2.04. The molecule has 24 heavy (non-hydrogen) atoms. The van der Waals surface area contributed by atoms with Crippen LogP contribution in [0.2, 0.25) is 0 Å². The highest BCUT2D eigenvalue weighted by atomic mass is 32.1. The minimum atomic E-state index is -0.390. The number of aromatic nitrogens is 1. The third-order valence-electron chi connectivity index (χ3n) is 4.45. The molecule has 3 rings (SSSR count). The van der Waals surface area contributed by atoms with Gasteiger partial charge in [0.15, 0.2) is 0 Å². The Morgan fingerprint density at radius 1 is 1.46 bits per heavy atom. The summed E-state index contributed by atoms with van der Waals surface area (Å²) in [4.78, 5) is 17.3. The molecule has 1 aromatic carbocycles. The fraction of sp³-hybridized carbons (Fsp3) is 0.471. The van der Waals surface area contributed by atoms with Crippen molar-refractivity contribution in [2.24, 2.45) is 5.92 Å². The van der Waals surface area contributed by atoms with E-state index < -0.39 is 4.92 Å². The van der Waals surface area contributed by atoms with Crippen molar-refractivity contribution in [3.63, 3.8) is 0 Å². The van der Waals surface area contributed by atoms with E-state index in [2.05, 4.69) is 9.88 Å². The average molecular weight is 347 g/mol. The summed E-state index contributed by atoms with van der Waals surface area (Å²) >= 11 is 1.50. The number of hydrogen-bond donors (Lipinski definition) is 1. The molecule has 2 aromatic rings. The zero-order valence-electron chi connectivity index (χ0n) is 13.6. The van der Waals surface area contributed by atoms with Crippen LogP contribution in [0.15, 0.2) is 29.6 Å². The Morgan fingerprint density at radius 2 is 2.29 bits per heavy atom. The van der Waals surface area contributed by atoms with Crippen LogP contribution < -0.4 is 0 Å². The molecule has 1 N–H and O–H groups in total. The number of hydrogen-bond acceptors (Lipinski definition) is 6. The van der Waals surface area contributed by atoms with Crippen molar-refractivity contribution in [3.05, 3.63) is 45.5 Å². The summed E-state index contributed by atoms with van der Waals surface area (Å²) in [6.07, 6.45) is 2.92.